The molecule has 0 N–H and O–H groups in total. The van der Waals surface area contributed by atoms with Crippen molar-refractivity contribution in [3.05, 3.63) is 80.2 Å². The average molecular weight is 382 g/mol. The van der Waals surface area contributed by atoms with Gasteiger partial charge in [-0.2, -0.15) is 0 Å². The van der Waals surface area contributed by atoms with E-state index in [2.05, 4.69) is 20.8 Å². The summed E-state index contributed by atoms with van der Waals surface area (Å²) in [6, 6.07) is 12.4. The number of hydrogen-bond acceptors (Lipinski definition) is 3. The molecule has 1 unspecified atom stereocenters. The zero-order chi connectivity index (χ0) is 19.5. The first kappa shape index (κ1) is 17.8. The van der Waals surface area contributed by atoms with Crippen LogP contribution in [0, 0.1) is 0 Å². The molecule has 0 saturated carbocycles. The molecule has 3 aromatic rings. The van der Waals surface area contributed by atoms with Gasteiger partial charge >= 0.3 is 0 Å². The zero-order valence-corrected chi connectivity index (χ0v) is 16.4. The van der Waals surface area contributed by atoms with Crippen molar-refractivity contribution in [2.75, 3.05) is 7.05 Å². The Labute approximate surface area is 162 Å². The smallest absolute Gasteiger partial charge is 0.290 e. The van der Waals surface area contributed by atoms with Gasteiger partial charge in [0.15, 0.2) is 5.43 Å². The second-order valence-electron chi connectivity index (χ2n) is 8.01. The Morgan fingerprint density at radius 2 is 1.70 bits per heavy atom. The number of carbonyl (C=O) groups is 1. The highest BCUT2D eigenvalue weighted by molar-refractivity contribution is 6.31. The summed E-state index contributed by atoms with van der Waals surface area (Å²) in [5.74, 6) is -0.175. The number of benzene rings is 2. The van der Waals surface area contributed by atoms with E-state index in [0.29, 0.717) is 21.6 Å². The minimum Gasteiger partial charge on any atom is -0.450 e. The minimum atomic E-state index is -0.471. The van der Waals surface area contributed by atoms with E-state index in [-0.39, 0.29) is 22.5 Å². The van der Waals surface area contributed by atoms with Crippen LogP contribution >= 0.6 is 11.6 Å². The van der Waals surface area contributed by atoms with E-state index in [1.807, 2.05) is 24.3 Å². The van der Waals surface area contributed by atoms with Crippen LogP contribution in [0.1, 0.15) is 54.1 Å². The first-order chi connectivity index (χ1) is 12.7. The number of amides is 1. The second-order valence-corrected chi connectivity index (χ2v) is 8.44. The molecule has 4 nitrogen and oxygen atoms in total. The van der Waals surface area contributed by atoms with Gasteiger partial charge in [0.1, 0.15) is 5.58 Å². The maximum atomic E-state index is 13.2. The molecule has 5 heteroatoms. The lowest BCUT2D eigenvalue weighted by Crippen LogP contribution is -2.25. The van der Waals surface area contributed by atoms with E-state index in [0.717, 1.165) is 5.56 Å². The average Bonchev–Trinajstić information content (AvgIpc) is 2.87. The zero-order valence-electron chi connectivity index (χ0n) is 15.7. The second kappa shape index (κ2) is 5.96. The van der Waals surface area contributed by atoms with Crippen LogP contribution in [0.3, 0.4) is 0 Å². The van der Waals surface area contributed by atoms with E-state index >= 15 is 0 Å². The Hall–Kier alpha value is -2.59. The molecule has 1 atom stereocenters. The number of rotatable bonds is 1. The largest absolute Gasteiger partial charge is 0.450 e. The summed E-state index contributed by atoms with van der Waals surface area (Å²) in [6.45, 7) is 6.44. The molecular formula is C22H20ClNO3. The first-order valence-electron chi connectivity index (χ1n) is 8.82. The molecule has 0 fully saturated rings. The minimum absolute atomic E-state index is 0.0276. The Bertz CT molecular complexity index is 1120. The summed E-state index contributed by atoms with van der Waals surface area (Å²) in [7, 11) is 1.69. The number of hydrogen-bond donors (Lipinski definition) is 0. The van der Waals surface area contributed by atoms with Gasteiger partial charge in [-0.3, -0.25) is 9.59 Å². The van der Waals surface area contributed by atoms with E-state index < -0.39 is 6.04 Å². The molecule has 0 aliphatic carbocycles. The highest BCUT2D eigenvalue weighted by atomic mass is 35.5. The fourth-order valence-corrected chi connectivity index (χ4v) is 3.79. The molecule has 1 amide bonds. The van der Waals surface area contributed by atoms with Crippen molar-refractivity contribution < 1.29 is 9.21 Å². The highest BCUT2D eigenvalue weighted by Gasteiger charge is 2.40. The molecule has 0 saturated heterocycles. The SMILES string of the molecule is CN1C(=O)c2oc3ccc(Cl)cc3c(=O)c2C1c1ccc(C(C)(C)C)cc1. The molecule has 1 aromatic heterocycles. The Morgan fingerprint density at radius 1 is 1.04 bits per heavy atom. The van der Waals surface area contributed by atoms with Crippen LogP contribution in [-0.2, 0) is 5.41 Å². The predicted octanol–water partition coefficient (Wildman–Crippen LogP) is 4.92. The highest BCUT2D eigenvalue weighted by Crippen LogP contribution is 2.37. The number of nitrogens with zero attached hydrogens (tertiary/aromatic N) is 1. The van der Waals surface area contributed by atoms with Crippen molar-refractivity contribution in [2.45, 2.75) is 32.2 Å². The van der Waals surface area contributed by atoms with Crippen molar-refractivity contribution in [3.8, 4) is 0 Å². The third-order valence-electron chi connectivity index (χ3n) is 5.16. The van der Waals surface area contributed by atoms with E-state index in [1.54, 1.807) is 30.1 Å². The van der Waals surface area contributed by atoms with Gasteiger partial charge in [0.05, 0.1) is 17.0 Å². The van der Waals surface area contributed by atoms with Crippen molar-refractivity contribution >= 4 is 28.5 Å². The quantitative estimate of drug-likeness (QED) is 0.601. The lowest BCUT2D eigenvalue weighted by molar-refractivity contribution is 0.0771. The van der Waals surface area contributed by atoms with E-state index in [4.69, 9.17) is 16.0 Å². The molecule has 0 bridgehead atoms. The van der Waals surface area contributed by atoms with Crippen molar-refractivity contribution in [2.24, 2.45) is 0 Å². The van der Waals surface area contributed by atoms with Gasteiger partial charge in [-0.1, -0.05) is 56.6 Å². The van der Waals surface area contributed by atoms with Crippen molar-refractivity contribution in [3.63, 3.8) is 0 Å². The van der Waals surface area contributed by atoms with Gasteiger partial charge in [0.2, 0.25) is 5.76 Å². The predicted molar refractivity (Wildman–Crippen MR) is 107 cm³/mol. The van der Waals surface area contributed by atoms with Crippen molar-refractivity contribution in [1.29, 1.82) is 0 Å². The molecule has 1 aliphatic heterocycles. The third-order valence-corrected chi connectivity index (χ3v) is 5.39. The third kappa shape index (κ3) is 2.76. The van der Waals surface area contributed by atoms with Gasteiger partial charge in [-0.05, 0) is 34.7 Å². The lowest BCUT2D eigenvalue weighted by Gasteiger charge is -2.23. The van der Waals surface area contributed by atoms with Gasteiger partial charge in [-0.25, -0.2) is 0 Å². The molecule has 27 heavy (non-hydrogen) atoms. The molecular weight excluding hydrogens is 362 g/mol. The molecule has 2 heterocycles. The summed E-state index contributed by atoms with van der Waals surface area (Å²) < 4.78 is 5.80. The van der Waals surface area contributed by atoms with Gasteiger partial charge in [0.25, 0.3) is 5.91 Å². The molecule has 4 rings (SSSR count). The van der Waals surface area contributed by atoms with Crippen LogP contribution < -0.4 is 5.43 Å². The number of fused-ring (bicyclic) bond motifs is 2. The maximum Gasteiger partial charge on any atom is 0.290 e. The summed E-state index contributed by atoms with van der Waals surface area (Å²) in [6.07, 6.45) is 0. The Kier molecular flexibility index (Phi) is 3.93. The van der Waals surface area contributed by atoms with E-state index in [9.17, 15) is 9.59 Å². The van der Waals surface area contributed by atoms with Crippen LogP contribution in [0.15, 0.2) is 51.7 Å². The molecule has 1 aliphatic rings. The summed E-state index contributed by atoms with van der Waals surface area (Å²) in [4.78, 5) is 27.5. The standard InChI is InChI=1S/C22H20ClNO3/c1-22(2,3)13-7-5-12(6-8-13)18-17-19(25)15-11-14(23)9-10-16(15)27-20(17)21(26)24(18)4/h5-11,18H,1-4H3. The van der Waals surface area contributed by atoms with Gasteiger partial charge in [-0.15, -0.1) is 0 Å². The normalized spacial score (nSPS) is 16.9. The van der Waals surface area contributed by atoms with Crippen LogP contribution in [0.2, 0.25) is 5.02 Å². The summed E-state index contributed by atoms with van der Waals surface area (Å²) in [5.41, 5.74) is 2.63. The Morgan fingerprint density at radius 3 is 2.33 bits per heavy atom. The molecule has 0 spiro atoms. The Balaban J connectivity index is 1.92. The number of carbonyl (C=O) groups excluding carboxylic acids is 1. The van der Waals surface area contributed by atoms with Crippen LogP contribution in [0.4, 0.5) is 0 Å². The molecule has 138 valence electrons. The van der Waals surface area contributed by atoms with Gasteiger partial charge < -0.3 is 9.32 Å². The van der Waals surface area contributed by atoms with Crippen LogP contribution in [0.5, 0.6) is 0 Å². The number of halogens is 1. The monoisotopic (exact) mass is 381 g/mol. The lowest BCUT2D eigenvalue weighted by atomic mass is 9.86. The fourth-order valence-electron chi connectivity index (χ4n) is 3.62. The summed E-state index contributed by atoms with van der Waals surface area (Å²) in [5, 5.41) is 0.846. The first-order valence-corrected chi connectivity index (χ1v) is 9.20. The topological polar surface area (TPSA) is 50.5 Å². The molecule has 2 aromatic carbocycles. The fraction of sp³-hybridized carbons (Fsp3) is 0.273. The van der Waals surface area contributed by atoms with Crippen molar-refractivity contribution in [1.82, 2.24) is 4.90 Å². The van der Waals surface area contributed by atoms with E-state index in [1.165, 1.54) is 5.56 Å². The van der Waals surface area contributed by atoms with Gasteiger partial charge in [0, 0.05) is 12.1 Å². The summed E-state index contributed by atoms with van der Waals surface area (Å²) >= 11 is 6.05. The maximum absolute atomic E-state index is 13.2. The molecule has 0 radical (unpaired) electrons. The van der Waals surface area contributed by atoms with Crippen LogP contribution in [0.25, 0.3) is 11.0 Å². The van der Waals surface area contributed by atoms with Crippen LogP contribution in [-0.4, -0.2) is 17.9 Å².